The minimum absolute atomic E-state index is 0.325. The van der Waals surface area contributed by atoms with Crippen LogP contribution in [0.4, 0.5) is 5.82 Å². The molecule has 3 rings (SSSR count). The van der Waals surface area contributed by atoms with Crippen LogP contribution in [-0.2, 0) is 0 Å². The third-order valence-electron chi connectivity index (χ3n) is 2.80. The van der Waals surface area contributed by atoms with Crippen molar-refractivity contribution in [1.29, 1.82) is 0 Å². The molecule has 1 aliphatic carbocycles. The Bertz CT molecular complexity index is 476. The molecule has 1 aliphatic rings. The second kappa shape index (κ2) is 3.42. The van der Waals surface area contributed by atoms with Crippen LogP contribution in [-0.4, -0.2) is 16.4 Å². The van der Waals surface area contributed by atoms with Gasteiger partial charge in [-0.05, 0) is 25.0 Å². The van der Waals surface area contributed by atoms with Gasteiger partial charge in [0.1, 0.15) is 11.4 Å². The molecule has 0 bridgehead atoms. The first-order valence-corrected chi connectivity index (χ1v) is 5.49. The second-order valence-corrected chi connectivity index (χ2v) is 4.52. The topological polar surface area (TPSA) is 38.1 Å². The van der Waals surface area contributed by atoms with Crippen LogP contribution < -0.4 is 5.32 Å². The summed E-state index contributed by atoms with van der Waals surface area (Å²) in [5.74, 6) is 0.898. The SMILES string of the molecule is ClC1CC(Nc2nccc3occc23)C1. The molecule has 0 atom stereocenters. The first kappa shape index (κ1) is 9.04. The lowest BCUT2D eigenvalue weighted by Crippen LogP contribution is -2.36. The van der Waals surface area contributed by atoms with Crippen LogP contribution in [0.1, 0.15) is 12.8 Å². The van der Waals surface area contributed by atoms with Gasteiger partial charge in [0.05, 0.1) is 11.6 Å². The Morgan fingerprint density at radius 2 is 2.27 bits per heavy atom. The highest BCUT2D eigenvalue weighted by Gasteiger charge is 2.27. The number of hydrogen-bond donors (Lipinski definition) is 1. The second-order valence-electron chi connectivity index (χ2n) is 3.90. The molecule has 2 aromatic heterocycles. The van der Waals surface area contributed by atoms with Gasteiger partial charge >= 0.3 is 0 Å². The van der Waals surface area contributed by atoms with Gasteiger partial charge in [-0.1, -0.05) is 0 Å². The third kappa shape index (κ3) is 1.57. The van der Waals surface area contributed by atoms with E-state index >= 15 is 0 Å². The quantitative estimate of drug-likeness (QED) is 0.794. The van der Waals surface area contributed by atoms with Gasteiger partial charge in [0.2, 0.25) is 0 Å². The van der Waals surface area contributed by atoms with Gasteiger partial charge in [0, 0.05) is 17.6 Å². The molecule has 0 amide bonds. The van der Waals surface area contributed by atoms with Crippen molar-refractivity contribution in [1.82, 2.24) is 4.98 Å². The lowest BCUT2D eigenvalue weighted by molar-refractivity contribution is 0.454. The number of fused-ring (bicyclic) bond motifs is 1. The molecule has 1 saturated carbocycles. The highest BCUT2D eigenvalue weighted by molar-refractivity contribution is 6.21. The van der Waals surface area contributed by atoms with Gasteiger partial charge in [-0.2, -0.15) is 0 Å². The molecule has 1 fully saturated rings. The predicted molar refractivity (Wildman–Crippen MR) is 60.3 cm³/mol. The number of halogens is 1. The summed E-state index contributed by atoms with van der Waals surface area (Å²) in [6.45, 7) is 0. The molecule has 2 aromatic rings. The van der Waals surface area contributed by atoms with Crippen molar-refractivity contribution in [2.24, 2.45) is 0 Å². The number of furan rings is 1. The molecule has 0 aliphatic heterocycles. The summed E-state index contributed by atoms with van der Waals surface area (Å²) in [5.41, 5.74) is 0.870. The number of pyridine rings is 1. The van der Waals surface area contributed by atoms with Gasteiger partial charge in [0.25, 0.3) is 0 Å². The molecule has 2 heterocycles. The summed E-state index contributed by atoms with van der Waals surface area (Å²) in [5, 5.41) is 4.74. The molecule has 0 spiro atoms. The summed E-state index contributed by atoms with van der Waals surface area (Å²) in [6, 6.07) is 4.26. The number of aromatic nitrogens is 1. The standard InChI is InChI=1S/C11H11ClN2O/c12-7-5-8(6-7)14-11-9-2-4-15-10(9)1-3-13-11/h1-4,7-8H,5-6H2,(H,13,14). The zero-order valence-corrected chi connectivity index (χ0v) is 8.87. The maximum Gasteiger partial charge on any atom is 0.139 e. The fraction of sp³-hybridized carbons (Fsp3) is 0.364. The van der Waals surface area contributed by atoms with Crippen molar-refractivity contribution in [3.63, 3.8) is 0 Å². The number of rotatable bonds is 2. The highest BCUT2D eigenvalue weighted by atomic mass is 35.5. The van der Waals surface area contributed by atoms with Crippen LogP contribution >= 0.6 is 11.6 Å². The predicted octanol–water partition coefficient (Wildman–Crippen LogP) is 3.01. The lowest BCUT2D eigenvalue weighted by Gasteiger charge is -2.32. The van der Waals surface area contributed by atoms with Crippen LogP contribution in [0.25, 0.3) is 11.0 Å². The Hall–Kier alpha value is -1.22. The molecule has 0 radical (unpaired) electrons. The van der Waals surface area contributed by atoms with Crippen LogP contribution in [0.2, 0.25) is 0 Å². The first-order valence-electron chi connectivity index (χ1n) is 5.06. The third-order valence-corrected chi connectivity index (χ3v) is 3.16. The van der Waals surface area contributed by atoms with Crippen LogP contribution in [0.15, 0.2) is 29.0 Å². The Balaban J connectivity index is 1.87. The van der Waals surface area contributed by atoms with E-state index in [0.29, 0.717) is 11.4 Å². The Morgan fingerprint density at radius 1 is 1.40 bits per heavy atom. The minimum atomic E-state index is 0.325. The van der Waals surface area contributed by atoms with E-state index < -0.39 is 0 Å². The van der Waals surface area contributed by atoms with Crippen molar-refractivity contribution in [3.8, 4) is 0 Å². The van der Waals surface area contributed by atoms with Crippen molar-refractivity contribution < 1.29 is 4.42 Å². The van der Waals surface area contributed by atoms with E-state index in [0.717, 1.165) is 29.6 Å². The molecule has 4 heteroatoms. The number of alkyl halides is 1. The van der Waals surface area contributed by atoms with E-state index in [1.807, 2.05) is 12.1 Å². The largest absolute Gasteiger partial charge is 0.464 e. The average Bonchev–Trinajstić information content (AvgIpc) is 2.64. The number of nitrogens with zero attached hydrogens (tertiary/aromatic N) is 1. The van der Waals surface area contributed by atoms with Gasteiger partial charge in [0.15, 0.2) is 0 Å². The summed E-state index contributed by atoms with van der Waals surface area (Å²) < 4.78 is 5.31. The van der Waals surface area contributed by atoms with Gasteiger partial charge in [-0.3, -0.25) is 0 Å². The Kier molecular flexibility index (Phi) is 2.06. The Morgan fingerprint density at radius 3 is 3.07 bits per heavy atom. The fourth-order valence-electron chi connectivity index (χ4n) is 1.87. The van der Waals surface area contributed by atoms with E-state index in [1.165, 1.54) is 0 Å². The van der Waals surface area contributed by atoms with Crippen molar-refractivity contribution in [3.05, 3.63) is 24.6 Å². The number of anilines is 1. The monoisotopic (exact) mass is 222 g/mol. The van der Waals surface area contributed by atoms with Crippen LogP contribution in [0.3, 0.4) is 0 Å². The Labute approximate surface area is 92.4 Å². The zero-order valence-electron chi connectivity index (χ0n) is 8.11. The van der Waals surface area contributed by atoms with Crippen molar-refractivity contribution >= 4 is 28.4 Å². The van der Waals surface area contributed by atoms with E-state index in [9.17, 15) is 0 Å². The highest BCUT2D eigenvalue weighted by Crippen LogP contribution is 2.30. The van der Waals surface area contributed by atoms with Gasteiger partial charge in [-0.25, -0.2) is 4.98 Å². The maximum atomic E-state index is 5.93. The molecular weight excluding hydrogens is 212 g/mol. The smallest absolute Gasteiger partial charge is 0.139 e. The molecule has 0 unspecified atom stereocenters. The normalized spacial score (nSPS) is 25.1. The van der Waals surface area contributed by atoms with Crippen LogP contribution in [0, 0.1) is 0 Å². The molecular formula is C11H11ClN2O. The summed E-state index contributed by atoms with van der Waals surface area (Å²) in [6.07, 6.45) is 5.46. The summed E-state index contributed by atoms with van der Waals surface area (Å²) in [7, 11) is 0. The first-order chi connectivity index (χ1) is 7.33. The fourth-order valence-corrected chi connectivity index (χ4v) is 2.30. The van der Waals surface area contributed by atoms with E-state index in [-0.39, 0.29) is 0 Å². The lowest BCUT2D eigenvalue weighted by atomic mass is 9.92. The number of hydrogen-bond acceptors (Lipinski definition) is 3. The van der Waals surface area contributed by atoms with E-state index in [1.54, 1.807) is 12.5 Å². The maximum absolute atomic E-state index is 5.93. The average molecular weight is 223 g/mol. The minimum Gasteiger partial charge on any atom is -0.464 e. The van der Waals surface area contributed by atoms with Gasteiger partial charge in [-0.15, -0.1) is 11.6 Å². The number of nitrogens with one attached hydrogen (secondary N) is 1. The van der Waals surface area contributed by atoms with Crippen LogP contribution in [0.5, 0.6) is 0 Å². The molecule has 78 valence electrons. The van der Waals surface area contributed by atoms with Gasteiger partial charge < -0.3 is 9.73 Å². The molecule has 0 saturated heterocycles. The molecule has 3 nitrogen and oxygen atoms in total. The van der Waals surface area contributed by atoms with Crippen molar-refractivity contribution in [2.45, 2.75) is 24.3 Å². The summed E-state index contributed by atoms with van der Waals surface area (Å²) >= 11 is 5.93. The van der Waals surface area contributed by atoms with Crippen molar-refractivity contribution in [2.75, 3.05) is 5.32 Å². The van der Waals surface area contributed by atoms with E-state index in [4.69, 9.17) is 16.0 Å². The van der Waals surface area contributed by atoms with E-state index in [2.05, 4.69) is 10.3 Å². The zero-order chi connectivity index (χ0) is 10.3. The molecule has 0 aromatic carbocycles. The summed E-state index contributed by atoms with van der Waals surface area (Å²) in [4.78, 5) is 4.31. The molecule has 1 N–H and O–H groups in total. The molecule has 15 heavy (non-hydrogen) atoms.